The molecule has 0 heterocycles. The lowest BCUT2D eigenvalue weighted by Gasteiger charge is -2.16. The largest absolute Gasteiger partial charge is 0.480 e. The maximum Gasteiger partial charge on any atom is 0.325 e. The molecule has 15 heavy (non-hydrogen) atoms. The quantitative estimate of drug-likeness (QED) is 0.781. The van der Waals surface area contributed by atoms with Crippen LogP contribution in [0.4, 0.5) is 5.69 Å². The number of nitrogens with zero attached hydrogens (tertiary/aromatic N) is 1. The van der Waals surface area contributed by atoms with Crippen LogP contribution in [-0.4, -0.2) is 25.2 Å². The van der Waals surface area contributed by atoms with Crippen LogP contribution < -0.4 is 10.6 Å². The van der Waals surface area contributed by atoms with Crippen molar-refractivity contribution in [2.45, 2.75) is 13.0 Å². The van der Waals surface area contributed by atoms with Gasteiger partial charge in [-0.15, -0.1) is 0 Å². The highest BCUT2D eigenvalue weighted by atomic mass is 16.4. The summed E-state index contributed by atoms with van der Waals surface area (Å²) in [5, 5.41) is 8.80. The first-order valence-electron chi connectivity index (χ1n) is 4.69. The summed E-state index contributed by atoms with van der Waals surface area (Å²) in [7, 11) is 3.87. The molecule has 4 nitrogen and oxygen atoms in total. The van der Waals surface area contributed by atoms with Gasteiger partial charge in [-0.25, -0.2) is 0 Å². The zero-order valence-electron chi connectivity index (χ0n) is 9.19. The van der Waals surface area contributed by atoms with E-state index >= 15 is 0 Å². The number of aryl methyl sites for hydroxylation is 1. The first-order chi connectivity index (χ1) is 6.93. The van der Waals surface area contributed by atoms with Crippen LogP contribution in [0.25, 0.3) is 0 Å². The molecule has 0 spiro atoms. The molecule has 0 saturated heterocycles. The van der Waals surface area contributed by atoms with Crippen molar-refractivity contribution in [1.29, 1.82) is 0 Å². The Morgan fingerprint density at radius 2 is 2.07 bits per heavy atom. The van der Waals surface area contributed by atoms with E-state index in [0.29, 0.717) is 5.56 Å². The van der Waals surface area contributed by atoms with Gasteiger partial charge in [0.15, 0.2) is 0 Å². The summed E-state index contributed by atoms with van der Waals surface area (Å²) in [5.74, 6) is -1.00. The van der Waals surface area contributed by atoms with Gasteiger partial charge in [0.1, 0.15) is 6.04 Å². The topological polar surface area (TPSA) is 66.6 Å². The molecule has 0 radical (unpaired) electrons. The summed E-state index contributed by atoms with van der Waals surface area (Å²) in [6.45, 7) is 1.87. The second-order valence-electron chi connectivity index (χ2n) is 3.75. The van der Waals surface area contributed by atoms with Gasteiger partial charge < -0.3 is 15.7 Å². The lowest BCUT2D eigenvalue weighted by atomic mass is 10.0. The predicted molar refractivity (Wildman–Crippen MR) is 60.1 cm³/mol. The molecule has 1 atom stereocenters. The monoisotopic (exact) mass is 208 g/mol. The van der Waals surface area contributed by atoms with E-state index < -0.39 is 12.0 Å². The number of benzene rings is 1. The fourth-order valence-corrected chi connectivity index (χ4v) is 1.42. The van der Waals surface area contributed by atoms with Gasteiger partial charge in [-0.05, 0) is 30.2 Å². The minimum Gasteiger partial charge on any atom is -0.480 e. The number of carboxylic acid groups (broad SMARTS) is 1. The van der Waals surface area contributed by atoms with Gasteiger partial charge >= 0.3 is 5.97 Å². The number of hydrogen-bond donors (Lipinski definition) is 2. The molecule has 0 aliphatic carbocycles. The van der Waals surface area contributed by atoms with Crippen molar-refractivity contribution in [3.05, 3.63) is 29.3 Å². The molecule has 4 heteroatoms. The van der Waals surface area contributed by atoms with Crippen molar-refractivity contribution in [2.75, 3.05) is 19.0 Å². The molecule has 1 aromatic rings. The highest BCUT2D eigenvalue weighted by molar-refractivity contribution is 5.76. The average molecular weight is 208 g/mol. The molecule has 3 N–H and O–H groups in total. The highest BCUT2D eigenvalue weighted by Gasteiger charge is 2.16. The molecular weight excluding hydrogens is 192 g/mol. The van der Waals surface area contributed by atoms with Crippen molar-refractivity contribution in [1.82, 2.24) is 0 Å². The van der Waals surface area contributed by atoms with Crippen LogP contribution >= 0.6 is 0 Å². The van der Waals surface area contributed by atoms with Crippen LogP contribution in [0.3, 0.4) is 0 Å². The van der Waals surface area contributed by atoms with E-state index in [0.717, 1.165) is 11.3 Å². The molecule has 82 valence electrons. The summed E-state index contributed by atoms with van der Waals surface area (Å²) in [6.07, 6.45) is 0. The Labute approximate surface area is 89.3 Å². The van der Waals surface area contributed by atoms with Gasteiger partial charge in [-0.2, -0.15) is 0 Å². The smallest absolute Gasteiger partial charge is 0.325 e. The van der Waals surface area contributed by atoms with Crippen LogP contribution in [0, 0.1) is 6.92 Å². The minimum atomic E-state index is -1.00. The molecule has 0 bridgehead atoms. The lowest BCUT2D eigenvalue weighted by molar-refractivity contribution is -0.138. The standard InChI is InChI=1S/C11H16N2O2/c1-7-6-8(13(2)3)4-5-9(7)10(12)11(14)15/h4-6,10H,12H2,1-3H3,(H,14,15). The second kappa shape index (κ2) is 4.31. The summed E-state index contributed by atoms with van der Waals surface area (Å²) in [5.41, 5.74) is 8.15. The van der Waals surface area contributed by atoms with E-state index in [1.54, 1.807) is 6.07 Å². The number of carboxylic acids is 1. The maximum atomic E-state index is 10.7. The van der Waals surface area contributed by atoms with E-state index in [1.165, 1.54) is 0 Å². The van der Waals surface area contributed by atoms with Crippen molar-refractivity contribution >= 4 is 11.7 Å². The third kappa shape index (κ3) is 2.47. The number of nitrogens with two attached hydrogens (primary N) is 1. The summed E-state index contributed by atoms with van der Waals surface area (Å²) < 4.78 is 0. The number of hydrogen-bond acceptors (Lipinski definition) is 3. The third-order valence-electron chi connectivity index (χ3n) is 2.37. The zero-order chi connectivity index (χ0) is 11.6. The van der Waals surface area contributed by atoms with Gasteiger partial charge in [0, 0.05) is 19.8 Å². The molecular formula is C11H16N2O2. The molecule has 0 saturated carbocycles. The zero-order valence-corrected chi connectivity index (χ0v) is 9.19. The van der Waals surface area contributed by atoms with E-state index in [2.05, 4.69) is 0 Å². The van der Waals surface area contributed by atoms with E-state index in [1.807, 2.05) is 38.1 Å². The molecule has 1 unspecified atom stereocenters. The normalized spacial score (nSPS) is 12.3. The first-order valence-corrected chi connectivity index (χ1v) is 4.69. The van der Waals surface area contributed by atoms with Crippen molar-refractivity contribution in [2.24, 2.45) is 5.73 Å². The van der Waals surface area contributed by atoms with Gasteiger partial charge in [-0.3, -0.25) is 4.79 Å². The maximum absolute atomic E-state index is 10.7. The molecule has 0 aliphatic heterocycles. The first kappa shape index (κ1) is 11.5. The Kier molecular flexibility index (Phi) is 3.31. The third-order valence-corrected chi connectivity index (χ3v) is 2.37. The Hall–Kier alpha value is -1.55. The van der Waals surface area contributed by atoms with Gasteiger partial charge in [0.05, 0.1) is 0 Å². The Balaban J connectivity index is 3.08. The van der Waals surface area contributed by atoms with Gasteiger partial charge in [0.2, 0.25) is 0 Å². The highest BCUT2D eigenvalue weighted by Crippen LogP contribution is 2.21. The Bertz CT molecular complexity index is 375. The SMILES string of the molecule is Cc1cc(N(C)C)ccc1C(N)C(=O)O. The van der Waals surface area contributed by atoms with Crippen LogP contribution in [0.2, 0.25) is 0 Å². The Morgan fingerprint density at radius 1 is 1.47 bits per heavy atom. The van der Waals surface area contributed by atoms with Crippen LogP contribution in [0.1, 0.15) is 17.2 Å². The van der Waals surface area contributed by atoms with E-state index in [-0.39, 0.29) is 0 Å². The fourth-order valence-electron chi connectivity index (χ4n) is 1.42. The lowest BCUT2D eigenvalue weighted by Crippen LogP contribution is -2.21. The molecule has 0 amide bonds. The van der Waals surface area contributed by atoms with Gasteiger partial charge in [-0.1, -0.05) is 6.07 Å². The minimum absolute atomic E-state index is 0.660. The summed E-state index contributed by atoms with van der Waals surface area (Å²) >= 11 is 0. The molecule has 1 rings (SSSR count). The van der Waals surface area contributed by atoms with E-state index in [4.69, 9.17) is 10.8 Å². The summed E-state index contributed by atoms with van der Waals surface area (Å²) in [4.78, 5) is 12.7. The van der Waals surface area contributed by atoms with E-state index in [9.17, 15) is 4.79 Å². The molecule has 0 aromatic heterocycles. The molecule has 0 aliphatic rings. The second-order valence-corrected chi connectivity index (χ2v) is 3.75. The van der Waals surface area contributed by atoms with Crippen LogP contribution in [-0.2, 0) is 4.79 Å². The van der Waals surface area contributed by atoms with Crippen LogP contribution in [0.5, 0.6) is 0 Å². The van der Waals surface area contributed by atoms with Crippen LogP contribution in [0.15, 0.2) is 18.2 Å². The fraction of sp³-hybridized carbons (Fsp3) is 0.364. The Morgan fingerprint density at radius 3 is 2.47 bits per heavy atom. The van der Waals surface area contributed by atoms with Gasteiger partial charge in [0.25, 0.3) is 0 Å². The average Bonchev–Trinajstić information content (AvgIpc) is 2.16. The number of anilines is 1. The number of rotatable bonds is 3. The number of carbonyl (C=O) groups is 1. The predicted octanol–water partition coefficient (Wildman–Crippen LogP) is 1.15. The van der Waals surface area contributed by atoms with Crippen molar-refractivity contribution < 1.29 is 9.90 Å². The van der Waals surface area contributed by atoms with Crippen molar-refractivity contribution in [3.8, 4) is 0 Å². The molecule has 0 fully saturated rings. The number of aliphatic carboxylic acids is 1. The molecule has 1 aromatic carbocycles. The van der Waals surface area contributed by atoms with Crippen molar-refractivity contribution in [3.63, 3.8) is 0 Å². The summed E-state index contributed by atoms with van der Waals surface area (Å²) in [6, 6.07) is 4.62.